The predicted octanol–water partition coefficient (Wildman–Crippen LogP) is 3.40. The smallest absolute Gasteiger partial charge is 0.232 e. The molecule has 0 saturated heterocycles. The zero-order valence-corrected chi connectivity index (χ0v) is 15.6. The van der Waals surface area contributed by atoms with Gasteiger partial charge in [0.25, 0.3) is 0 Å². The molecule has 0 unspecified atom stereocenters. The topological polar surface area (TPSA) is 108 Å². The quantitative estimate of drug-likeness (QED) is 0.575. The lowest BCUT2D eigenvalue weighted by Crippen LogP contribution is -2.12. The lowest BCUT2D eigenvalue weighted by Gasteiger charge is -2.07. The first-order valence-electron chi connectivity index (χ1n) is 8.80. The summed E-state index contributed by atoms with van der Waals surface area (Å²) < 4.78 is 0. The second-order valence-corrected chi connectivity index (χ2v) is 7.23. The van der Waals surface area contributed by atoms with E-state index in [-0.39, 0.29) is 11.8 Å². The first-order chi connectivity index (χ1) is 13.2. The third-order valence-electron chi connectivity index (χ3n) is 4.00. The van der Waals surface area contributed by atoms with Gasteiger partial charge < -0.3 is 10.6 Å². The van der Waals surface area contributed by atoms with Gasteiger partial charge in [-0.2, -0.15) is 15.1 Å². The molecule has 1 aliphatic carbocycles. The largest absolute Gasteiger partial charge is 0.326 e. The Balaban J connectivity index is 1.46. The average Bonchev–Trinajstić information content (AvgIpc) is 3.41. The number of amides is 1. The van der Waals surface area contributed by atoms with Crippen LogP contribution in [0.2, 0.25) is 0 Å². The third-order valence-corrected chi connectivity index (χ3v) is 4.87. The summed E-state index contributed by atoms with van der Waals surface area (Å²) in [5, 5.41) is 13.4. The van der Waals surface area contributed by atoms with Crippen LogP contribution in [0.3, 0.4) is 0 Å². The molecule has 138 valence electrons. The number of hydrogen-bond acceptors (Lipinski definition) is 7. The Morgan fingerprint density at radius 2 is 2.00 bits per heavy atom. The fourth-order valence-electron chi connectivity index (χ4n) is 2.40. The van der Waals surface area contributed by atoms with Crippen molar-refractivity contribution in [3.8, 4) is 0 Å². The number of nitrogens with one attached hydrogen (secondary N) is 3. The molecule has 0 spiro atoms. The highest BCUT2D eigenvalue weighted by Crippen LogP contribution is 2.31. The van der Waals surface area contributed by atoms with Crippen molar-refractivity contribution in [2.75, 3.05) is 10.6 Å². The number of hydrogen-bond donors (Lipinski definition) is 3. The fraction of sp³-hybridized carbons (Fsp3) is 0.278. The lowest BCUT2D eigenvalue weighted by atomic mass is 10.3. The standard InChI is InChI=1S/C18H19N7OS/c1-2-14-21-17(22-15-9-10-19-25-15)24-18(23-14)27-13-7-5-12(6-8-13)20-16(26)11-3-4-11/h5-11H,2-4H2,1H3,(H,20,26)(H2,19,21,22,23,24,25). The van der Waals surface area contributed by atoms with E-state index in [1.54, 1.807) is 12.3 Å². The predicted molar refractivity (Wildman–Crippen MR) is 103 cm³/mol. The van der Waals surface area contributed by atoms with Crippen molar-refractivity contribution < 1.29 is 4.79 Å². The number of aryl methyl sites for hydroxylation is 1. The summed E-state index contributed by atoms with van der Waals surface area (Å²) in [6.45, 7) is 2.00. The van der Waals surface area contributed by atoms with Gasteiger partial charge in [-0.15, -0.1) is 0 Å². The van der Waals surface area contributed by atoms with Crippen LogP contribution < -0.4 is 10.6 Å². The van der Waals surface area contributed by atoms with Gasteiger partial charge in [0, 0.05) is 35.2 Å². The van der Waals surface area contributed by atoms with E-state index in [1.165, 1.54) is 11.8 Å². The van der Waals surface area contributed by atoms with Crippen molar-refractivity contribution in [2.45, 2.75) is 36.2 Å². The summed E-state index contributed by atoms with van der Waals surface area (Å²) in [4.78, 5) is 26.1. The minimum atomic E-state index is 0.106. The van der Waals surface area contributed by atoms with Crippen LogP contribution in [0.25, 0.3) is 0 Å². The number of aromatic nitrogens is 5. The normalized spacial score (nSPS) is 13.4. The molecule has 8 nitrogen and oxygen atoms in total. The molecule has 3 N–H and O–H groups in total. The minimum Gasteiger partial charge on any atom is -0.326 e. The van der Waals surface area contributed by atoms with Gasteiger partial charge in [0.15, 0.2) is 11.0 Å². The molecule has 1 aromatic carbocycles. The van der Waals surface area contributed by atoms with Crippen LogP contribution in [0.1, 0.15) is 25.6 Å². The number of nitrogens with zero attached hydrogens (tertiary/aromatic N) is 4. The van der Waals surface area contributed by atoms with Crippen molar-refractivity contribution in [1.29, 1.82) is 0 Å². The molecule has 0 atom stereocenters. The molecule has 9 heteroatoms. The molecule has 1 aliphatic rings. The van der Waals surface area contributed by atoms with Crippen molar-refractivity contribution in [3.63, 3.8) is 0 Å². The van der Waals surface area contributed by atoms with Crippen molar-refractivity contribution in [2.24, 2.45) is 5.92 Å². The van der Waals surface area contributed by atoms with Gasteiger partial charge in [-0.3, -0.25) is 9.89 Å². The molecule has 2 heterocycles. The molecule has 1 fully saturated rings. The summed E-state index contributed by atoms with van der Waals surface area (Å²) in [7, 11) is 0. The van der Waals surface area contributed by atoms with Gasteiger partial charge in [0.2, 0.25) is 11.9 Å². The van der Waals surface area contributed by atoms with Crippen LogP contribution in [-0.4, -0.2) is 31.1 Å². The maximum Gasteiger partial charge on any atom is 0.232 e. The highest BCUT2D eigenvalue weighted by atomic mass is 32.2. The maximum atomic E-state index is 11.8. The highest BCUT2D eigenvalue weighted by Gasteiger charge is 2.29. The van der Waals surface area contributed by atoms with Crippen LogP contribution in [0.15, 0.2) is 46.6 Å². The van der Waals surface area contributed by atoms with E-state index in [9.17, 15) is 4.79 Å². The van der Waals surface area contributed by atoms with Crippen LogP contribution in [-0.2, 0) is 11.2 Å². The number of benzene rings is 1. The summed E-state index contributed by atoms with van der Waals surface area (Å²) in [6.07, 6.45) is 4.42. The molecule has 1 saturated carbocycles. The Labute approximate surface area is 160 Å². The molecule has 0 radical (unpaired) electrons. The van der Waals surface area contributed by atoms with E-state index in [4.69, 9.17) is 0 Å². The van der Waals surface area contributed by atoms with Gasteiger partial charge in [-0.25, -0.2) is 4.98 Å². The van der Waals surface area contributed by atoms with E-state index >= 15 is 0 Å². The SMILES string of the molecule is CCc1nc(Nc2cc[nH]n2)nc(Sc2ccc(NC(=O)C3CC3)cc2)n1. The number of carbonyl (C=O) groups is 1. The van der Waals surface area contributed by atoms with E-state index in [2.05, 4.69) is 35.8 Å². The van der Waals surface area contributed by atoms with Crippen LogP contribution in [0.4, 0.5) is 17.5 Å². The molecular weight excluding hydrogens is 362 g/mol. The van der Waals surface area contributed by atoms with Gasteiger partial charge in [0.05, 0.1) is 0 Å². The third kappa shape index (κ3) is 4.62. The van der Waals surface area contributed by atoms with Gasteiger partial charge in [-0.1, -0.05) is 6.92 Å². The summed E-state index contributed by atoms with van der Waals surface area (Å²) in [5.41, 5.74) is 0.807. The molecule has 0 aliphatic heterocycles. The zero-order chi connectivity index (χ0) is 18.6. The van der Waals surface area contributed by atoms with E-state index in [0.717, 1.165) is 23.4 Å². The summed E-state index contributed by atoms with van der Waals surface area (Å²) in [6, 6.07) is 9.49. The van der Waals surface area contributed by atoms with Crippen LogP contribution in [0.5, 0.6) is 0 Å². The number of aromatic amines is 1. The monoisotopic (exact) mass is 381 g/mol. The Bertz CT molecular complexity index is 923. The van der Waals surface area contributed by atoms with Gasteiger partial charge in [0.1, 0.15) is 5.82 Å². The molecular formula is C18H19N7OS. The number of rotatable bonds is 7. The van der Waals surface area contributed by atoms with E-state index in [0.29, 0.717) is 29.2 Å². The highest BCUT2D eigenvalue weighted by molar-refractivity contribution is 7.99. The van der Waals surface area contributed by atoms with Crippen molar-refractivity contribution in [3.05, 3.63) is 42.4 Å². The second-order valence-electron chi connectivity index (χ2n) is 6.19. The van der Waals surface area contributed by atoms with Crippen LogP contribution >= 0.6 is 11.8 Å². The Morgan fingerprint density at radius 3 is 2.67 bits per heavy atom. The molecule has 1 amide bonds. The second kappa shape index (κ2) is 7.75. The van der Waals surface area contributed by atoms with E-state index in [1.807, 2.05) is 31.2 Å². The Hall–Kier alpha value is -2.94. The fourth-order valence-corrected chi connectivity index (χ4v) is 3.17. The first kappa shape index (κ1) is 17.5. The Kier molecular flexibility index (Phi) is 5.01. The first-order valence-corrected chi connectivity index (χ1v) is 9.62. The number of H-pyrrole nitrogens is 1. The molecule has 4 rings (SSSR count). The van der Waals surface area contributed by atoms with Crippen LogP contribution in [0, 0.1) is 5.92 Å². The number of anilines is 3. The van der Waals surface area contributed by atoms with Gasteiger partial charge in [-0.05, 0) is 48.9 Å². The maximum absolute atomic E-state index is 11.8. The molecule has 2 aromatic heterocycles. The number of carbonyl (C=O) groups excluding carboxylic acids is 1. The summed E-state index contributed by atoms with van der Waals surface area (Å²) >= 11 is 1.45. The minimum absolute atomic E-state index is 0.106. The molecule has 0 bridgehead atoms. The zero-order valence-electron chi connectivity index (χ0n) is 14.8. The lowest BCUT2D eigenvalue weighted by molar-refractivity contribution is -0.117. The average molecular weight is 381 g/mol. The molecule has 27 heavy (non-hydrogen) atoms. The van der Waals surface area contributed by atoms with Crippen molar-refractivity contribution >= 4 is 35.1 Å². The van der Waals surface area contributed by atoms with E-state index < -0.39 is 0 Å². The summed E-state index contributed by atoms with van der Waals surface area (Å²) in [5.74, 6) is 2.12. The van der Waals surface area contributed by atoms with Gasteiger partial charge >= 0.3 is 0 Å². The van der Waals surface area contributed by atoms with Crippen molar-refractivity contribution in [1.82, 2.24) is 25.1 Å². The molecule has 3 aromatic rings. The Morgan fingerprint density at radius 1 is 1.19 bits per heavy atom.